The van der Waals surface area contributed by atoms with Gasteiger partial charge in [0.25, 0.3) is 0 Å². The molecule has 1 aromatic heterocycles. The number of hydrogen-bond donors (Lipinski definition) is 1. The summed E-state index contributed by atoms with van der Waals surface area (Å²) in [4.78, 5) is 1.10. The molecule has 18 heavy (non-hydrogen) atoms. The number of benzene rings is 1. The van der Waals surface area contributed by atoms with E-state index in [1.54, 1.807) is 23.6 Å². The van der Waals surface area contributed by atoms with Crippen molar-refractivity contribution >= 4 is 17.6 Å². The summed E-state index contributed by atoms with van der Waals surface area (Å²) in [5.41, 5.74) is 7.49. The highest BCUT2D eigenvalue weighted by molar-refractivity contribution is 7.99. The van der Waals surface area contributed by atoms with Gasteiger partial charge in [0.1, 0.15) is 23.3 Å². The molecule has 2 heterocycles. The van der Waals surface area contributed by atoms with Crippen molar-refractivity contribution in [3.63, 3.8) is 0 Å². The molecule has 0 spiro atoms. The number of anilines is 1. The molecule has 0 saturated heterocycles. The van der Waals surface area contributed by atoms with E-state index >= 15 is 0 Å². The Labute approximate surface area is 109 Å². The van der Waals surface area contributed by atoms with E-state index in [0.29, 0.717) is 11.8 Å². The number of thioether (sulfide) groups is 1. The van der Waals surface area contributed by atoms with Crippen LogP contribution in [0.5, 0.6) is 11.5 Å². The van der Waals surface area contributed by atoms with Crippen LogP contribution in [0.2, 0.25) is 0 Å². The maximum atomic E-state index is 5.81. The number of nitrogens with zero attached hydrogens (tertiary/aromatic N) is 2. The quantitative estimate of drug-likeness (QED) is 0.899. The van der Waals surface area contributed by atoms with Crippen LogP contribution < -0.4 is 15.2 Å². The summed E-state index contributed by atoms with van der Waals surface area (Å²) in [6.07, 6.45) is 0. The van der Waals surface area contributed by atoms with Gasteiger partial charge in [-0.2, -0.15) is 5.10 Å². The van der Waals surface area contributed by atoms with Gasteiger partial charge in [-0.3, -0.25) is 4.68 Å². The van der Waals surface area contributed by atoms with Crippen LogP contribution in [0.15, 0.2) is 23.1 Å². The molecule has 5 nitrogen and oxygen atoms in total. The van der Waals surface area contributed by atoms with Crippen LogP contribution in [-0.2, 0) is 7.05 Å². The fraction of sp³-hybridized carbons (Fsp3) is 0.250. The van der Waals surface area contributed by atoms with Gasteiger partial charge >= 0.3 is 0 Å². The number of ether oxygens (including phenoxy) is 2. The van der Waals surface area contributed by atoms with Crippen molar-refractivity contribution in [3.8, 4) is 22.8 Å². The second-order valence-corrected chi connectivity index (χ2v) is 4.95. The zero-order chi connectivity index (χ0) is 12.7. The topological polar surface area (TPSA) is 62.3 Å². The maximum Gasteiger partial charge on any atom is 0.138 e. The molecule has 0 radical (unpaired) electrons. The summed E-state index contributed by atoms with van der Waals surface area (Å²) in [5.74, 6) is 2.92. The smallest absolute Gasteiger partial charge is 0.138 e. The average molecular weight is 263 g/mol. The molecule has 2 N–H and O–H groups in total. The molecule has 6 heteroatoms. The number of hydrogen-bond acceptors (Lipinski definition) is 5. The highest BCUT2D eigenvalue weighted by atomic mass is 32.2. The molecule has 1 aliphatic rings. The Hall–Kier alpha value is -1.82. The molecule has 1 aromatic carbocycles. The second-order valence-electron chi connectivity index (χ2n) is 3.98. The lowest BCUT2D eigenvalue weighted by molar-refractivity contribution is 0.392. The number of fused-ring (bicyclic) bond motifs is 1. The molecule has 1 aliphatic heterocycles. The fourth-order valence-corrected chi connectivity index (χ4v) is 2.67. The first-order valence-electron chi connectivity index (χ1n) is 5.46. The van der Waals surface area contributed by atoms with Gasteiger partial charge in [0.15, 0.2) is 0 Å². The first-order valence-corrected chi connectivity index (χ1v) is 6.45. The highest BCUT2D eigenvalue weighted by Crippen LogP contribution is 2.43. The highest BCUT2D eigenvalue weighted by Gasteiger charge is 2.19. The summed E-state index contributed by atoms with van der Waals surface area (Å²) < 4.78 is 12.6. The summed E-state index contributed by atoms with van der Waals surface area (Å²) in [7, 11) is 3.46. The molecular weight excluding hydrogens is 250 g/mol. The van der Waals surface area contributed by atoms with Gasteiger partial charge in [0.05, 0.1) is 17.7 Å². The van der Waals surface area contributed by atoms with E-state index in [-0.39, 0.29) is 0 Å². The third-order valence-electron chi connectivity index (χ3n) is 2.89. The van der Waals surface area contributed by atoms with Crippen molar-refractivity contribution < 1.29 is 9.47 Å². The predicted octanol–water partition coefficient (Wildman–Crippen LogP) is 2.12. The first-order chi connectivity index (χ1) is 8.69. The molecule has 2 aromatic rings. The van der Waals surface area contributed by atoms with Crippen LogP contribution in [0.1, 0.15) is 0 Å². The lowest BCUT2D eigenvalue weighted by Gasteiger charge is -2.08. The van der Waals surface area contributed by atoms with Crippen molar-refractivity contribution in [2.24, 2.45) is 7.05 Å². The van der Waals surface area contributed by atoms with Gasteiger partial charge in [-0.05, 0) is 12.1 Å². The van der Waals surface area contributed by atoms with Crippen molar-refractivity contribution in [2.75, 3.05) is 18.8 Å². The Morgan fingerprint density at radius 1 is 1.44 bits per heavy atom. The van der Waals surface area contributed by atoms with E-state index in [9.17, 15) is 0 Å². The third-order valence-corrected chi connectivity index (χ3v) is 3.75. The Morgan fingerprint density at radius 3 is 2.94 bits per heavy atom. The van der Waals surface area contributed by atoms with Crippen LogP contribution in [0.25, 0.3) is 11.3 Å². The molecule has 0 aliphatic carbocycles. The van der Waals surface area contributed by atoms with Gasteiger partial charge in [0.2, 0.25) is 0 Å². The van der Waals surface area contributed by atoms with Crippen LogP contribution in [0.3, 0.4) is 0 Å². The van der Waals surface area contributed by atoms with Crippen molar-refractivity contribution in [1.29, 1.82) is 0 Å². The van der Waals surface area contributed by atoms with Gasteiger partial charge in [-0.25, -0.2) is 0 Å². The van der Waals surface area contributed by atoms with E-state index in [4.69, 9.17) is 15.2 Å². The SMILES string of the molecule is COc1cc2c(cc1-c1cc(N)n(C)n1)OCS2. The molecule has 0 bridgehead atoms. The minimum Gasteiger partial charge on any atom is -0.496 e. The van der Waals surface area contributed by atoms with Crippen molar-refractivity contribution in [2.45, 2.75) is 4.90 Å². The number of nitrogens with two attached hydrogens (primary N) is 1. The van der Waals surface area contributed by atoms with Crippen LogP contribution in [0.4, 0.5) is 5.82 Å². The third kappa shape index (κ3) is 1.69. The monoisotopic (exact) mass is 263 g/mol. The molecule has 0 atom stereocenters. The number of methoxy groups -OCH3 is 1. The van der Waals surface area contributed by atoms with Crippen molar-refractivity contribution in [1.82, 2.24) is 9.78 Å². The predicted molar refractivity (Wildman–Crippen MR) is 71.0 cm³/mol. The van der Waals surface area contributed by atoms with E-state index in [2.05, 4.69) is 5.10 Å². The summed E-state index contributed by atoms with van der Waals surface area (Å²) in [5, 5.41) is 4.36. The minimum absolute atomic E-state index is 0.614. The summed E-state index contributed by atoms with van der Waals surface area (Å²) >= 11 is 1.66. The molecule has 3 rings (SSSR count). The van der Waals surface area contributed by atoms with Crippen molar-refractivity contribution in [3.05, 3.63) is 18.2 Å². The molecule has 94 valence electrons. The minimum atomic E-state index is 0.614. The van der Waals surface area contributed by atoms with Crippen LogP contribution in [-0.4, -0.2) is 22.8 Å². The Morgan fingerprint density at radius 2 is 2.28 bits per heavy atom. The van der Waals surface area contributed by atoms with Gasteiger partial charge in [-0.1, -0.05) is 11.8 Å². The Balaban J connectivity index is 2.16. The zero-order valence-electron chi connectivity index (χ0n) is 10.1. The van der Waals surface area contributed by atoms with Crippen LogP contribution >= 0.6 is 11.8 Å². The number of rotatable bonds is 2. The lowest BCUT2D eigenvalue weighted by Crippen LogP contribution is -1.96. The Bertz CT molecular complexity index is 590. The summed E-state index contributed by atoms with van der Waals surface area (Å²) in [6.45, 7) is 0. The second kappa shape index (κ2) is 4.13. The lowest BCUT2D eigenvalue weighted by atomic mass is 10.1. The number of nitrogen functional groups attached to an aromatic ring is 1. The number of aryl methyl sites for hydroxylation is 1. The van der Waals surface area contributed by atoms with E-state index in [1.807, 2.05) is 25.2 Å². The van der Waals surface area contributed by atoms with E-state index < -0.39 is 0 Å². The summed E-state index contributed by atoms with van der Waals surface area (Å²) in [6, 6.07) is 5.76. The Kier molecular flexibility index (Phi) is 2.59. The molecule has 0 saturated carbocycles. The van der Waals surface area contributed by atoms with Gasteiger partial charge in [-0.15, -0.1) is 0 Å². The van der Waals surface area contributed by atoms with E-state index in [0.717, 1.165) is 27.7 Å². The fourth-order valence-electron chi connectivity index (χ4n) is 1.91. The number of aromatic nitrogens is 2. The van der Waals surface area contributed by atoms with Gasteiger partial charge in [0, 0.05) is 18.7 Å². The molecule has 0 amide bonds. The maximum absolute atomic E-state index is 5.81. The average Bonchev–Trinajstić information content (AvgIpc) is 2.94. The van der Waals surface area contributed by atoms with Crippen LogP contribution in [0, 0.1) is 0 Å². The molecule has 0 unspecified atom stereocenters. The first kappa shape index (κ1) is 11.3. The normalized spacial score (nSPS) is 13.2. The molecule has 0 fully saturated rings. The standard InChI is InChI=1S/C12H13N3O2S/c1-15-12(13)4-8(14-15)7-3-10-11(18-6-17-10)5-9(7)16-2/h3-5H,6,13H2,1-2H3. The molecular formula is C12H13N3O2S. The largest absolute Gasteiger partial charge is 0.496 e. The zero-order valence-corrected chi connectivity index (χ0v) is 11.0. The van der Waals surface area contributed by atoms with E-state index in [1.165, 1.54) is 0 Å². The van der Waals surface area contributed by atoms with Gasteiger partial charge < -0.3 is 15.2 Å².